The number of hydrogen-bond donors (Lipinski definition) is 1. The van der Waals surface area contributed by atoms with E-state index in [1.165, 1.54) is 16.9 Å². The van der Waals surface area contributed by atoms with Gasteiger partial charge in [-0.05, 0) is 42.7 Å². The first-order valence-corrected chi connectivity index (χ1v) is 6.02. The topological polar surface area (TPSA) is 35.2 Å². The highest BCUT2D eigenvalue weighted by atomic mass is 32.1. The fourth-order valence-corrected chi connectivity index (χ4v) is 2.94. The van der Waals surface area contributed by atoms with E-state index in [0.717, 1.165) is 19.6 Å². The molecule has 14 heavy (non-hydrogen) atoms. The zero-order chi connectivity index (χ0) is 9.97. The van der Waals surface area contributed by atoms with E-state index in [0.29, 0.717) is 5.92 Å². The van der Waals surface area contributed by atoms with Crippen molar-refractivity contribution in [1.82, 2.24) is 0 Å². The first-order chi connectivity index (χ1) is 6.77. The predicted molar refractivity (Wildman–Crippen MR) is 59.5 cm³/mol. The summed E-state index contributed by atoms with van der Waals surface area (Å²) in [5.74, 6) is 0.673. The highest BCUT2D eigenvalue weighted by molar-refractivity contribution is 7.10. The smallest absolute Gasteiger partial charge is 0.0495 e. The summed E-state index contributed by atoms with van der Waals surface area (Å²) in [4.78, 5) is 1.34. The van der Waals surface area contributed by atoms with Crippen molar-refractivity contribution in [2.75, 3.05) is 13.2 Å². The maximum Gasteiger partial charge on any atom is 0.0495 e. The SMILES string of the molecule is Cc1ccsc1C(N)CC1CCOC1. The van der Waals surface area contributed by atoms with Crippen molar-refractivity contribution in [3.8, 4) is 0 Å². The summed E-state index contributed by atoms with van der Waals surface area (Å²) < 4.78 is 5.35. The minimum Gasteiger partial charge on any atom is -0.381 e. The molecule has 3 heteroatoms. The fraction of sp³-hybridized carbons (Fsp3) is 0.636. The van der Waals surface area contributed by atoms with E-state index in [9.17, 15) is 0 Å². The molecule has 0 bridgehead atoms. The molecule has 0 amide bonds. The van der Waals surface area contributed by atoms with Gasteiger partial charge in [0.05, 0.1) is 0 Å². The van der Waals surface area contributed by atoms with Crippen LogP contribution in [0.2, 0.25) is 0 Å². The van der Waals surface area contributed by atoms with Crippen molar-refractivity contribution in [3.63, 3.8) is 0 Å². The van der Waals surface area contributed by atoms with Crippen LogP contribution in [0.15, 0.2) is 11.4 Å². The Balaban J connectivity index is 1.95. The lowest BCUT2D eigenvalue weighted by Crippen LogP contribution is -2.15. The summed E-state index contributed by atoms with van der Waals surface area (Å²) in [6.07, 6.45) is 2.25. The Morgan fingerprint density at radius 2 is 2.57 bits per heavy atom. The second-order valence-corrected chi connectivity index (χ2v) is 4.99. The van der Waals surface area contributed by atoms with Crippen molar-refractivity contribution in [2.45, 2.75) is 25.8 Å². The van der Waals surface area contributed by atoms with Gasteiger partial charge < -0.3 is 10.5 Å². The summed E-state index contributed by atoms with van der Waals surface area (Å²) in [6, 6.07) is 2.35. The van der Waals surface area contributed by atoms with Crippen molar-refractivity contribution in [1.29, 1.82) is 0 Å². The number of nitrogens with two attached hydrogens (primary N) is 1. The second kappa shape index (κ2) is 4.43. The minimum atomic E-state index is 0.210. The minimum absolute atomic E-state index is 0.210. The van der Waals surface area contributed by atoms with Gasteiger partial charge in [0.15, 0.2) is 0 Å². The molecule has 2 unspecified atom stereocenters. The quantitative estimate of drug-likeness (QED) is 0.833. The molecule has 0 saturated carbocycles. The van der Waals surface area contributed by atoms with Crippen molar-refractivity contribution >= 4 is 11.3 Å². The Morgan fingerprint density at radius 3 is 3.14 bits per heavy atom. The maximum atomic E-state index is 6.17. The summed E-state index contributed by atoms with van der Waals surface area (Å²) in [5.41, 5.74) is 7.51. The lowest BCUT2D eigenvalue weighted by atomic mass is 9.98. The molecule has 0 aromatic carbocycles. The monoisotopic (exact) mass is 211 g/mol. The van der Waals surface area contributed by atoms with Crippen LogP contribution in [0.4, 0.5) is 0 Å². The van der Waals surface area contributed by atoms with E-state index in [-0.39, 0.29) is 6.04 Å². The maximum absolute atomic E-state index is 6.17. The molecule has 0 spiro atoms. The molecule has 1 aromatic heterocycles. The van der Waals surface area contributed by atoms with Gasteiger partial charge in [0.25, 0.3) is 0 Å². The predicted octanol–water partition coefficient (Wildman–Crippen LogP) is 2.48. The zero-order valence-electron chi connectivity index (χ0n) is 8.53. The average molecular weight is 211 g/mol. The molecule has 2 atom stereocenters. The highest BCUT2D eigenvalue weighted by Gasteiger charge is 2.20. The number of ether oxygens (including phenoxy) is 1. The lowest BCUT2D eigenvalue weighted by molar-refractivity contribution is 0.183. The van der Waals surface area contributed by atoms with E-state index in [2.05, 4.69) is 18.4 Å². The Kier molecular flexibility index (Phi) is 3.21. The van der Waals surface area contributed by atoms with E-state index in [1.54, 1.807) is 11.3 Å². The number of thiophene rings is 1. The van der Waals surface area contributed by atoms with Crippen LogP contribution in [-0.4, -0.2) is 13.2 Å². The van der Waals surface area contributed by atoms with Crippen molar-refractivity contribution in [2.24, 2.45) is 11.7 Å². The number of hydrogen-bond acceptors (Lipinski definition) is 3. The largest absolute Gasteiger partial charge is 0.381 e. The van der Waals surface area contributed by atoms with Crippen molar-refractivity contribution < 1.29 is 4.74 Å². The molecular formula is C11H17NOS. The molecule has 1 aromatic rings. The standard InChI is InChI=1S/C11H17NOS/c1-8-3-5-14-11(8)10(12)6-9-2-4-13-7-9/h3,5,9-10H,2,4,6-7,12H2,1H3. The number of rotatable bonds is 3. The first-order valence-electron chi connectivity index (χ1n) is 5.14. The van der Waals surface area contributed by atoms with E-state index in [1.807, 2.05) is 0 Å². The van der Waals surface area contributed by atoms with Crippen LogP contribution in [-0.2, 0) is 4.74 Å². The van der Waals surface area contributed by atoms with Gasteiger partial charge in [0.2, 0.25) is 0 Å². The lowest BCUT2D eigenvalue weighted by Gasteiger charge is -2.14. The summed E-state index contributed by atoms with van der Waals surface area (Å²) in [7, 11) is 0. The molecule has 78 valence electrons. The van der Waals surface area contributed by atoms with Gasteiger partial charge in [-0.3, -0.25) is 0 Å². The van der Waals surface area contributed by atoms with Crippen LogP contribution in [0.3, 0.4) is 0 Å². The van der Waals surface area contributed by atoms with Crippen LogP contribution < -0.4 is 5.73 Å². The molecule has 2 rings (SSSR count). The molecule has 1 aliphatic rings. The summed E-state index contributed by atoms with van der Waals surface area (Å²) in [5, 5.41) is 2.12. The van der Waals surface area contributed by atoms with E-state index >= 15 is 0 Å². The van der Waals surface area contributed by atoms with Gasteiger partial charge in [-0.1, -0.05) is 0 Å². The van der Waals surface area contributed by atoms with Crippen LogP contribution in [0.5, 0.6) is 0 Å². The molecule has 1 fully saturated rings. The zero-order valence-corrected chi connectivity index (χ0v) is 9.35. The first kappa shape index (κ1) is 10.1. The molecule has 0 radical (unpaired) electrons. The average Bonchev–Trinajstić information content (AvgIpc) is 2.75. The molecule has 0 aliphatic carbocycles. The fourth-order valence-electron chi connectivity index (χ4n) is 2.00. The van der Waals surface area contributed by atoms with E-state index < -0.39 is 0 Å². The van der Waals surface area contributed by atoms with Gasteiger partial charge in [-0.2, -0.15) is 0 Å². The van der Waals surface area contributed by atoms with Gasteiger partial charge in [0.1, 0.15) is 0 Å². The Labute approximate surface area is 89.1 Å². The summed E-state index contributed by atoms with van der Waals surface area (Å²) >= 11 is 1.78. The Bertz CT molecular complexity index is 291. The third-order valence-electron chi connectivity index (χ3n) is 2.85. The molecule has 2 N–H and O–H groups in total. The van der Waals surface area contributed by atoms with Crippen LogP contribution in [0, 0.1) is 12.8 Å². The van der Waals surface area contributed by atoms with Gasteiger partial charge >= 0.3 is 0 Å². The second-order valence-electron chi connectivity index (χ2n) is 4.04. The van der Waals surface area contributed by atoms with Gasteiger partial charge in [0, 0.05) is 24.1 Å². The number of aryl methyl sites for hydroxylation is 1. The normalized spacial score (nSPS) is 24.0. The third kappa shape index (κ3) is 2.16. The molecule has 1 saturated heterocycles. The summed E-state index contributed by atoms with van der Waals surface area (Å²) in [6.45, 7) is 3.95. The van der Waals surface area contributed by atoms with Crippen molar-refractivity contribution in [3.05, 3.63) is 21.9 Å². The van der Waals surface area contributed by atoms with Crippen LogP contribution in [0.1, 0.15) is 29.3 Å². The van der Waals surface area contributed by atoms with Crippen LogP contribution in [0.25, 0.3) is 0 Å². The molecule has 2 nitrogen and oxygen atoms in total. The third-order valence-corrected chi connectivity index (χ3v) is 4.00. The Morgan fingerprint density at radius 1 is 1.71 bits per heavy atom. The highest BCUT2D eigenvalue weighted by Crippen LogP contribution is 2.29. The van der Waals surface area contributed by atoms with E-state index in [4.69, 9.17) is 10.5 Å². The van der Waals surface area contributed by atoms with Gasteiger partial charge in [-0.15, -0.1) is 11.3 Å². The van der Waals surface area contributed by atoms with Gasteiger partial charge in [-0.25, -0.2) is 0 Å². The molecular weight excluding hydrogens is 194 g/mol. The Hall–Kier alpha value is -0.380. The molecule has 1 aliphatic heterocycles. The molecule has 2 heterocycles. The van der Waals surface area contributed by atoms with Crippen LogP contribution >= 0.6 is 11.3 Å².